The number of benzene rings is 1. The third-order valence-electron chi connectivity index (χ3n) is 5.39. The Morgan fingerprint density at radius 2 is 1.87 bits per heavy atom. The van der Waals surface area contributed by atoms with Gasteiger partial charge in [-0.15, -0.1) is 0 Å². The first-order chi connectivity index (χ1) is 14.7. The van der Waals surface area contributed by atoms with Gasteiger partial charge in [0, 0.05) is 26.2 Å². The maximum absolute atomic E-state index is 13.1. The summed E-state index contributed by atoms with van der Waals surface area (Å²) in [6, 6.07) is 4.23. The molecule has 0 unspecified atom stereocenters. The number of nitrogens with zero attached hydrogens (tertiary/aromatic N) is 3. The van der Waals surface area contributed by atoms with Crippen LogP contribution in [-0.4, -0.2) is 47.9 Å². The van der Waals surface area contributed by atoms with E-state index in [1.165, 1.54) is 23.0 Å². The number of amides is 1. The minimum Gasteiger partial charge on any atom is -0.442 e. The minimum absolute atomic E-state index is 0.0174. The molecule has 0 bridgehead atoms. The molecule has 164 valence electrons. The van der Waals surface area contributed by atoms with Crippen LogP contribution in [0.25, 0.3) is 11.1 Å². The van der Waals surface area contributed by atoms with Crippen molar-refractivity contribution >= 4 is 27.0 Å². The molecule has 4 rings (SSSR count). The number of nitrogens with one attached hydrogen (secondary N) is 1. The highest BCUT2D eigenvalue weighted by atomic mass is 32.2. The van der Waals surface area contributed by atoms with Gasteiger partial charge in [0.15, 0.2) is 0 Å². The quantitative estimate of drug-likeness (QED) is 0.648. The fourth-order valence-electron chi connectivity index (χ4n) is 3.70. The third-order valence-corrected chi connectivity index (χ3v) is 6.93. The SMILES string of the molecule is Cc1oc2ncn(C)c(=O)c2c1C(=O)N1CCC(NS(=O)(=O)c2ccc(F)cc2)CC1. The molecule has 1 aromatic carbocycles. The number of hydrogen-bond acceptors (Lipinski definition) is 6. The molecule has 1 fully saturated rings. The lowest BCUT2D eigenvalue weighted by Crippen LogP contribution is -2.46. The van der Waals surface area contributed by atoms with Gasteiger partial charge in [-0.1, -0.05) is 0 Å². The molecule has 1 aliphatic rings. The van der Waals surface area contributed by atoms with Crippen LogP contribution in [0.15, 0.2) is 44.7 Å². The Hall–Kier alpha value is -3.05. The molecule has 3 heterocycles. The minimum atomic E-state index is -3.79. The summed E-state index contributed by atoms with van der Waals surface area (Å²) in [7, 11) is -2.25. The predicted molar refractivity (Wildman–Crippen MR) is 110 cm³/mol. The van der Waals surface area contributed by atoms with E-state index in [-0.39, 0.29) is 39.1 Å². The van der Waals surface area contributed by atoms with Gasteiger partial charge in [-0.3, -0.25) is 9.59 Å². The van der Waals surface area contributed by atoms with Gasteiger partial charge < -0.3 is 13.9 Å². The number of hydrogen-bond donors (Lipinski definition) is 1. The normalized spacial score (nSPS) is 15.5. The van der Waals surface area contributed by atoms with Crippen molar-refractivity contribution in [2.24, 2.45) is 7.05 Å². The second-order valence-corrected chi connectivity index (χ2v) is 9.23. The van der Waals surface area contributed by atoms with Crippen molar-refractivity contribution in [2.75, 3.05) is 13.1 Å². The molecule has 1 N–H and O–H groups in total. The average molecular weight is 448 g/mol. The number of piperidine rings is 1. The van der Waals surface area contributed by atoms with Gasteiger partial charge in [-0.25, -0.2) is 22.5 Å². The molecular weight excluding hydrogens is 427 g/mol. The lowest BCUT2D eigenvalue weighted by atomic mass is 10.0. The number of halogens is 1. The summed E-state index contributed by atoms with van der Waals surface area (Å²) in [5, 5.41) is 0.145. The highest BCUT2D eigenvalue weighted by Gasteiger charge is 2.31. The van der Waals surface area contributed by atoms with E-state index in [4.69, 9.17) is 4.42 Å². The molecule has 1 amide bonds. The zero-order valence-electron chi connectivity index (χ0n) is 17.0. The zero-order valence-corrected chi connectivity index (χ0v) is 17.8. The van der Waals surface area contributed by atoms with Crippen LogP contribution < -0.4 is 10.3 Å². The number of carbonyl (C=O) groups excluding carboxylic acids is 1. The number of fused-ring (bicyclic) bond motifs is 1. The number of sulfonamides is 1. The lowest BCUT2D eigenvalue weighted by molar-refractivity contribution is 0.0711. The molecule has 11 heteroatoms. The highest BCUT2D eigenvalue weighted by molar-refractivity contribution is 7.89. The Labute approximate surface area is 177 Å². The predicted octanol–water partition coefficient (Wildman–Crippen LogP) is 1.56. The van der Waals surface area contributed by atoms with Crippen molar-refractivity contribution in [1.29, 1.82) is 0 Å². The lowest BCUT2D eigenvalue weighted by Gasteiger charge is -2.32. The number of furan rings is 1. The molecule has 9 nitrogen and oxygen atoms in total. The van der Waals surface area contributed by atoms with Gasteiger partial charge >= 0.3 is 0 Å². The largest absolute Gasteiger partial charge is 0.442 e. The molecule has 1 saturated heterocycles. The Morgan fingerprint density at radius 1 is 1.23 bits per heavy atom. The smallest absolute Gasteiger partial charge is 0.265 e. The van der Waals surface area contributed by atoms with Gasteiger partial charge in [-0.2, -0.15) is 0 Å². The van der Waals surface area contributed by atoms with Crippen molar-refractivity contribution in [1.82, 2.24) is 19.2 Å². The van der Waals surface area contributed by atoms with Crippen molar-refractivity contribution in [3.8, 4) is 0 Å². The first kappa shape index (κ1) is 21.2. The molecule has 1 aliphatic heterocycles. The van der Waals surface area contributed by atoms with Crippen LogP contribution in [0.3, 0.4) is 0 Å². The fraction of sp³-hybridized carbons (Fsp3) is 0.350. The number of aryl methyl sites for hydroxylation is 2. The standard InChI is InChI=1S/C20H21FN4O5S/c1-12-16(17-18(30-12)22-11-24(2)19(17)26)20(27)25-9-7-14(8-10-25)23-31(28,29)15-5-3-13(21)4-6-15/h3-6,11,14,23H,7-10H2,1-2H3. The van der Waals surface area contributed by atoms with E-state index in [1.54, 1.807) is 18.9 Å². The first-order valence-electron chi connectivity index (χ1n) is 9.69. The molecule has 0 saturated carbocycles. The Kier molecular flexibility index (Phi) is 5.40. The van der Waals surface area contributed by atoms with Gasteiger partial charge in [0.05, 0.1) is 10.5 Å². The first-order valence-corrected chi connectivity index (χ1v) is 11.2. The molecular formula is C20H21FN4O5S. The second kappa shape index (κ2) is 7.89. The fourth-order valence-corrected chi connectivity index (χ4v) is 5.01. The molecule has 3 aromatic rings. The molecule has 0 spiro atoms. The summed E-state index contributed by atoms with van der Waals surface area (Å²) in [6.07, 6.45) is 2.13. The maximum atomic E-state index is 13.1. The average Bonchev–Trinajstić information content (AvgIpc) is 3.07. The number of likely N-dealkylation sites (tertiary alicyclic amines) is 1. The molecule has 0 atom stereocenters. The summed E-state index contributed by atoms with van der Waals surface area (Å²) in [5.74, 6) is -0.547. The summed E-state index contributed by atoms with van der Waals surface area (Å²) in [4.78, 5) is 31.2. The summed E-state index contributed by atoms with van der Waals surface area (Å²) in [6.45, 7) is 2.22. The third kappa shape index (κ3) is 3.98. The van der Waals surface area contributed by atoms with Crippen molar-refractivity contribution in [3.05, 3.63) is 58.1 Å². The van der Waals surface area contributed by atoms with Crippen LogP contribution in [0.1, 0.15) is 29.0 Å². The van der Waals surface area contributed by atoms with Crippen LogP contribution in [0.2, 0.25) is 0 Å². The topological polar surface area (TPSA) is 115 Å². The summed E-state index contributed by atoms with van der Waals surface area (Å²) in [5.41, 5.74) is -0.0629. The Bertz CT molecular complexity index is 1310. The highest BCUT2D eigenvalue weighted by Crippen LogP contribution is 2.24. The van der Waals surface area contributed by atoms with Gasteiger partial charge in [0.25, 0.3) is 11.5 Å². The van der Waals surface area contributed by atoms with E-state index >= 15 is 0 Å². The van der Waals surface area contributed by atoms with Crippen LogP contribution in [0.4, 0.5) is 4.39 Å². The molecule has 0 radical (unpaired) electrons. The van der Waals surface area contributed by atoms with E-state index in [0.29, 0.717) is 31.7 Å². The van der Waals surface area contributed by atoms with Crippen LogP contribution in [-0.2, 0) is 17.1 Å². The van der Waals surface area contributed by atoms with E-state index in [0.717, 1.165) is 12.1 Å². The van der Waals surface area contributed by atoms with Crippen LogP contribution in [0, 0.1) is 12.7 Å². The summed E-state index contributed by atoms with van der Waals surface area (Å²) < 4.78 is 47.5. The summed E-state index contributed by atoms with van der Waals surface area (Å²) >= 11 is 0. The Morgan fingerprint density at radius 3 is 2.52 bits per heavy atom. The van der Waals surface area contributed by atoms with Crippen LogP contribution in [0.5, 0.6) is 0 Å². The monoisotopic (exact) mass is 448 g/mol. The second-order valence-electron chi connectivity index (χ2n) is 7.52. The zero-order chi connectivity index (χ0) is 22.3. The van der Waals surface area contributed by atoms with E-state index in [9.17, 15) is 22.4 Å². The Balaban J connectivity index is 1.48. The van der Waals surface area contributed by atoms with Gasteiger partial charge in [0.1, 0.15) is 23.3 Å². The van der Waals surface area contributed by atoms with Gasteiger partial charge in [0.2, 0.25) is 15.7 Å². The maximum Gasteiger partial charge on any atom is 0.265 e. The molecule has 0 aliphatic carbocycles. The van der Waals surface area contributed by atoms with E-state index in [2.05, 4.69) is 9.71 Å². The van der Waals surface area contributed by atoms with Gasteiger partial charge in [-0.05, 0) is 44.0 Å². The molecule has 2 aromatic heterocycles. The number of carbonyl (C=O) groups is 1. The van der Waals surface area contributed by atoms with E-state index in [1.807, 2.05) is 0 Å². The van der Waals surface area contributed by atoms with Crippen LogP contribution >= 0.6 is 0 Å². The molecule has 31 heavy (non-hydrogen) atoms. The van der Waals surface area contributed by atoms with Crippen molar-refractivity contribution < 1.29 is 22.0 Å². The number of aromatic nitrogens is 2. The van der Waals surface area contributed by atoms with E-state index < -0.39 is 15.8 Å². The van der Waals surface area contributed by atoms with Crippen molar-refractivity contribution in [3.63, 3.8) is 0 Å². The van der Waals surface area contributed by atoms with Crippen molar-refractivity contribution in [2.45, 2.75) is 30.7 Å². The number of rotatable bonds is 4.